The van der Waals surface area contributed by atoms with E-state index in [1.54, 1.807) is 18.2 Å². The average molecular weight is 316 g/mol. The molecule has 1 aliphatic rings. The van der Waals surface area contributed by atoms with Gasteiger partial charge < -0.3 is 11.1 Å². The Balaban J connectivity index is 0.00000220. The molecule has 6 heteroatoms. The summed E-state index contributed by atoms with van der Waals surface area (Å²) in [7, 11) is 0. The summed E-state index contributed by atoms with van der Waals surface area (Å²) in [6.07, 6.45) is 1.04. The first-order chi connectivity index (χ1) is 9.56. The molecule has 0 bridgehead atoms. The fourth-order valence-electron chi connectivity index (χ4n) is 2.53. The summed E-state index contributed by atoms with van der Waals surface area (Å²) in [6, 6.07) is 6.64. The SMILES string of the molecule is CC(N)C1CCN(CC(=O)NCc2ccccc2F)C1.Cl. The number of nitrogens with two attached hydrogens (primary N) is 1. The zero-order valence-electron chi connectivity index (χ0n) is 12.2. The van der Waals surface area contributed by atoms with Gasteiger partial charge in [0.1, 0.15) is 5.82 Å². The van der Waals surface area contributed by atoms with Gasteiger partial charge in [0.15, 0.2) is 0 Å². The van der Waals surface area contributed by atoms with Gasteiger partial charge in [-0.1, -0.05) is 18.2 Å². The van der Waals surface area contributed by atoms with Crippen molar-refractivity contribution in [2.45, 2.75) is 25.9 Å². The molecule has 1 heterocycles. The lowest BCUT2D eigenvalue weighted by Crippen LogP contribution is -2.37. The van der Waals surface area contributed by atoms with Crippen LogP contribution in [0.3, 0.4) is 0 Å². The second kappa shape index (κ2) is 8.32. The molecule has 1 aliphatic heterocycles. The molecule has 1 fully saturated rings. The van der Waals surface area contributed by atoms with Crippen molar-refractivity contribution in [2.24, 2.45) is 11.7 Å². The van der Waals surface area contributed by atoms with E-state index in [0.29, 0.717) is 18.0 Å². The van der Waals surface area contributed by atoms with Crippen LogP contribution in [0.5, 0.6) is 0 Å². The van der Waals surface area contributed by atoms with Crippen LogP contribution in [-0.4, -0.2) is 36.5 Å². The number of amides is 1. The second-order valence-corrected chi connectivity index (χ2v) is 5.51. The normalized spacial score (nSPS) is 19.9. The van der Waals surface area contributed by atoms with Gasteiger partial charge in [-0.15, -0.1) is 12.4 Å². The molecule has 0 radical (unpaired) electrons. The average Bonchev–Trinajstić information content (AvgIpc) is 2.86. The van der Waals surface area contributed by atoms with Gasteiger partial charge in [-0.2, -0.15) is 0 Å². The Bertz CT molecular complexity index is 470. The van der Waals surface area contributed by atoms with Crippen LogP contribution in [0.4, 0.5) is 4.39 Å². The highest BCUT2D eigenvalue weighted by molar-refractivity contribution is 5.85. The second-order valence-electron chi connectivity index (χ2n) is 5.51. The van der Waals surface area contributed by atoms with Gasteiger partial charge in [-0.05, 0) is 31.9 Å². The molecule has 0 aliphatic carbocycles. The molecule has 118 valence electrons. The Morgan fingerprint density at radius 3 is 2.86 bits per heavy atom. The van der Waals surface area contributed by atoms with Gasteiger partial charge in [0.25, 0.3) is 0 Å². The Morgan fingerprint density at radius 2 is 2.24 bits per heavy atom. The van der Waals surface area contributed by atoms with Crippen LogP contribution >= 0.6 is 12.4 Å². The van der Waals surface area contributed by atoms with E-state index in [1.165, 1.54) is 6.07 Å². The number of nitrogens with zero attached hydrogens (tertiary/aromatic N) is 1. The van der Waals surface area contributed by atoms with Crippen LogP contribution in [0.15, 0.2) is 24.3 Å². The summed E-state index contributed by atoms with van der Waals surface area (Å²) >= 11 is 0. The molecule has 1 aromatic carbocycles. The Labute approximate surface area is 131 Å². The molecular formula is C15H23ClFN3O. The number of rotatable bonds is 5. The van der Waals surface area contributed by atoms with Crippen molar-refractivity contribution in [1.29, 1.82) is 0 Å². The molecule has 2 rings (SSSR count). The molecule has 1 aromatic rings. The third-order valence-corrected chi connectivity index (χ3v) is 3.85. The van der Waals surface area contributed by atoms with Crippen molar-refractivity contribution < 1.29 is 9.18 Å². The standard InChI is InChI=1S/C15H22FN3O.ClH/c1-11(17)13-6-7-19(9-13)10-15(20)18-8-12-4-2-3-5-14(12)16;/h2-5,11,13H,6-10,17H2,1H3,(H,18,20);1H. The third-order valence-electron chi connectivity index (χ3n) is 3.85. The highest BCUT2D eigenvalue weighted by Gasteiger charge is 2.26. The van der Waals surface area contributed by atoms with Gasteiger partial charge in [-0.3, -0.25) is 9.69 Å². The van der Waals surface area contributed by atoms with E-state index in [1.807, 2.05) is 6.92 Å². The van der Waals surface area contributed by atoms with Gasteiger partial charge >= 0.3 is 0 Å². The van der Waals surface area contributed by atoms with Crippen molar-refractivity contribution in [3.05, 3.63) is 35.6 Å². The maximum atomic E-state index is 13.4. The van der Waals surface area contributed by atoms with Crippen molar-refractivity contribution in [3.8, 4) is 0 Å². The van der Waals surface area contributed by atoms with Gasteiger partial charge in [-0.25, -0.2) is 4.39 Å². The third kappa shape index (κ3) is 5.26. The lowest BCUT2D eigenvalue weighted by molar-refractivity contribution is -0.122. The highest BCUT2D eigenvalue weighted by atomic mass is 35.5. The minimum Gasteiger partial charge on any atom is -0.351 e. The van der Waals surface area contributed by atoms with E-state index < -0.39 is 0 Å². The maximum absolute atomic E-state index is 13.4. The lowest BCUT2D eigenvalue weighted by Gasteiger charge is -2.17. The molecule has 2 unspecified atom stereocenters. The topological polar surface area (TPSA) is 58.4 Å². The number of carbonyl (C=O) groups excluding carboxylic acids is 1. The summed E-state index contributed by atoms with van der Waals surface area (Å²) in [5.74, 6) is 0.110. The van der Waals surface area contributed by atoms with Crippen molar-refractivity contribution >= 4 is 18.3 Å². The zero-order valence-corrected chi connectivity index (χ0v) is 13.0. The molecule has 0 spiro atoms. The minimum absolute atomic E-state index is 0. The summed E-state index contributed by atoms with van der Waals surface area (Å²) in [6.45, 7) is 4.37. The Morgan fingerprint density at radius 1 is 1.52 bits per heavy atom. The molecule has 0 saturated carbocycles. The lowest BCUT2D eigenvalue weighted by atomic mass is 10.0. The van der Waals surface area contributed by atoms with E-state index in [9.17, 15) is 9.18 Å². The predicted octanol–water partition coefficient (Wildman–Crippen LogP) is 1.53. The van der Waals surface area contributed by atoms with Gasteiger partial charge in [0.2, 0.25) is 5.91 Å². The van der Waals surface area contributed by atoms with Crippen LogP contribution < -0.4 is 11.1 Å². The molecular weight excluding hydrogens is 293 g/mol. The number of hydrogen-bond acceptors (Lipinski definition) is 3. The fraction of sp³-hybridized carbons (Fsp3) is 0.533. The highest BCUT2D eigenvalue weighted by Crippen LogP contribution is 2.17. The van der Waals surface area contributed by atoms with E-state index in [4.69, 9.17) is 5.73 Å². The molecule has 4 nitrogen and oxygen atoms in total. The fourth-order valence-corrected chi connectivity index (χ4v) is 2.53. The zero-order chi connectivity index (χ0) is 14.5. The quantitative estimate of drug-likeness (QED) is 0.866. The first-order valence-corrected chi connectivity index (χ1v) is 7.04. The number of benzene rings is 1. The van der Waals surface area contributed by atoms with Crippen molar-refractivity contribution in [1.82, 2.24) is 10.2 Å². The van der Waals surface area contributed by atoms with E-state index >= 15 is 0 Å². The van der Waals surface area contributed by atoms with E-state index in [-0.39, 0.29) is 36.7 Å². The summed E-state index contributed by atoms with van der Waals surface area (Å²) in [5.41, 5.74) is 6.38. The van der Waals surface area contributed by atoms with Crippen molar-refractivity contribution in [3.63, 3.8) is 0 Å². The molecule has 0 aromatic heterocycles. The monoisotopic (exact) mass is 315 g/mol. The summed E-state index contributed by atoms with van der Waals surface area (Å²) in [5, 5.41) is 2.76. The molecule has 1 saturated heterocycles. The number of carbonyl (C=O) groups is 1. The maximum Gasteiger partial charge on any atom is 0.234 e. The van der Waals surface area contributed by atoms with Gasteiger partial charge in [0.05, 0.1) is 6.54 Å². The Kier molecular flexibility index (Phi) is 7.08. The molecule has 3 N–H and O–H groups in total. The minimum atomic E-state index is -0.286. The molecule has 2 atom stereocenters. The number of nitrogens with one attached hydrogen (secondary N) is 1. The molecule has 21 heavy (non-hydrogen) atoms. The van der Waals surface area contributed by atoms with Crippen LogP contribution in [-0.2, 0) is 11.3 Å². The van der Waals surface area contributed by atoms with Crippen molar-refractivity contribution in [2.75, 3.05) is 19.6 Å². The van der Waals surface area contributed by atoms with Gasteiger partial charge in [0, 0.05) is 24.7 Å². The summed E-state index contributed by atoms with van der Waals surface area (Å²) < 4.78 is 13.4. The van der Waals surface area contributed by atoms with E-state index in [0.717, 1.165) is 19.5 Å². The van der Waals surface area contributed by atoms with Crippen LogP contribution in [0.2, 0.25) is 0 Å². The predicted molar refractivity (Wildman–Crippen MR) is 83.7 cm³/mol. The van der Waals surface area contributed by atoms with Crippen LogP contribution in [0.1, 0.15) is 18.9 Å². The first-order valence-electron chi connectivity index (χ1n) is 7.04. The largest absolute Gasteiger partial charge is 0.351 e. The number of halogens is 2. The summed E-state index contributed by atoms with van der Waals surface area (Å²) in [4.78, 5) is 14.0. The number of hydrogen-bond donors (Lipinski definition) is 2. The number of likely N-dealkylation sites (tertiary alicyclic amines) is 1. The first kappa shape index (κ1) is 17.9. The van der Waals surface area contributed by atoms with Crippen LogP contribution in [0, 0.1) is 11.7 Å². The van der Waals surface area contributed by atoms with E-state index in [2.05, 4.69) is 10.2 Å². The van der Waals surface area contributed by atoms with Crippen LogP contribution in [0.25, 0.3) is 0 Å². The smallest absolute Gasteiger partial charge is 0.234 e. The Hall–Kier alpha value is -1.17. The molecule has 1 amide bonds.